The molecule has 3 aromatic rings. The number of benzene rings is 2. The fourth-order valence-corrected chi connectivity index (χ4v) is 3.19. The van der Waals surface area contributed by atoms with Crippen LogP contribution in [-0.2, 0) is 10.0 Å². The van der Waals surface area contributed by atoms with E-state index >= 15 is 0 Å². The van der Waals surface area contributed by atoms with Gasteiger partial charge in [-0.05, 0) is 30.3 Å². The van der Waals surface area contributed by atoms with E-state index in [2.05, 4.69) is 0 Å². The summed E-state index contributed by atoms with van der Waals surface area (Å²) in [6.45, 7) is 0. The normalized spacial score (nSPS) is 11.6. The van der Waals surface area contributed by atoms with E-state index in [1.807, 2.05) is 10.3 Å². The van der Waals surface area contributed by atoms with Crippen LogP contribution in [0.5, 0.6) is 0 Å². The third kappa shape index (κ3) is 3.40. The first-order valence-electron chi connectivity index (χ1n) is 6.62. The van der Waals surface area contributed by atoms with Crippen molar-refractivity contribution in [2.45, 2.75) is 4.90 Å². The van der Waals surface area contributed by atoms with Crippen molar-refractivity contribution in [2.75, 3.05) is 0 Å². The van der Waals surface area contributed by atoms with Crippen molar-refractivity contribution in [3.63, 3.8) is 0 Å². The van der Waals surface area contributed by atoms with Gasteiger partial charge in [0.25, 0.3) is 10.0 Å². The lowest BCUT2D eigenvalue weighted by Crippen LogP contribution is -2.41. The molecule has 0 fully saturated rings. The second kappa shape index (κ2) is 6.23. The van der Waals surface area contributed by atoms with Crippen LogP contribution in [0.1, 0.15) is 10.6 Å². The third-order valence-electron chi connectivity index (χ3n) is 3.09. The van der Waals surface area contributed by atoms with Crippen LogP contribution in [0, 0.1) is 5.82 Å². The predicted molar refractivity (Wildman–Crippen MR) is 85.4 cm³/mol. The van der Waals surface area contributed by atoms with Crippen LogP contribution in [0.4, 0.5) is 4.39 Å². The minimum atomic E-state index is -4.19. The van der Waals surface area contributed by atoms with Gasteiger partial charge in [-0.25, -0.2) is 12.8 Å². The summed E-state index contributed by atoms with van der Waals surface area (Å²) < 4.78 is 42.7. The second-order valence-electron chi connectivity index (χ2n) is 4.81. The Morgan fingerprint density at radius 1 is 1.12 bits per heavy atom. The van der Waals surface area contributed by atoms with E-state index in [9.17, 15) is 17.6 Å². The van der Waals surface area contributed by atoms with Crippen LogP contribution >= 0.6 is 11.6 Å². The molecule has 0 atom stereocenters. The number of hydrogen-bond donors (Lipinski definition) is 2. The van der Waals surface area contributed by atoms with Gasteiger partial charge >= 0.3 is 5.91 Å². The number of hydrazine groups is 1. The van der Waals surface area contributed by atoms with Crippen molar-refractivity contribution < 1.29 is 22.0 Å². The maximum absolute atomic E-state index is 13.3. The van der Waals surface area contributed by atoms with Crippen molar-refractivity contribution in [1.29, 1.82) is 0 Å². The smallest absolute Gasteiger partial charge is 0.301 e. The zero-order valence-electron chi connectivity index (χ0n) is 11.9. The van der Waals surface area contributed by atoms with Crippen molar-refractivity contribution in [3.05, 3.63) is 65.1 Å². The summed E-state index contributed by atoms with van der Waals surface area (Å²) in [5, 5.41) is 0.612. The van der Waals surface area contributed by atoms with E-state index in [-0.39, 0.29) is 10.8 Å². The van der Waals surface area contributed by atoms with E-state index in [4.69, 9.17) is 16.0 Å². The first-order chi connectivity index (χ1) is 11.3. The van der Waals surface area contributed by atoms with Gasteiger partial charge in [0, 0.05) is 10.4 Å². The predicted octanol–water partition coefficient (Wildman–Crippen LogP) is 2.85. The van der Waals surface area contributed by atoms with E-state index < -0.39 is 26.6 Å². The molecule has 0 radical (unpaired) electrons. The van der Waals surface area contributed by atoms with Gasteiger partial charge in [-0.2, -0.15) is 0 Å². The summed E-state index contributed by atoms with van der Waals surface area (Å²) >= 11 is 5.63. The Balaban J connectivity index is 1.77. The van der Waals surface area contributed by atoms with Crippen molar-refractivity contribution in [3.8, 4) is 0 Å². The summed E-state index contributed by atoms with van der Waals surface area (Å²) in [7, 11) is -4.19. The van der Waals surface area contributed by atoms with Crippen LogP contribution in [0.2, 0.25) is 5.02 Å². The first-order valence-corrected chi connectivity index (χ1v) is 8.48. The minimum absolute atomic E-state index is 0.0730. The molecule has 0 saturated heterocycles. The Morgan fingerprint density at radius 2 is 1.88 bits per heavy atom. The number of fused-ring (bicyclic) bond motifs is 1. The summed E-state index contributed by atoms with van der Waals surface area (Å²) in [5.74, 6) is -1.68. The Kier molecular flexibility index (Phi) is 4.27. The van der Waals surface area contributed by atoms with Crippen LogP contribution in [0.15, 0.2) is 57.8 Å². The van der Waals surface area contributed by atoms with E-state index in [0.717, 1.165) is 18.2 Å². The molecular formula is C15H10ClFN2O4S. The molecule has 0 saturated carbocycles. The zero-order valence-corrected chi connectivity index (χ0v) is 13.5. The Labute approximate surface area is 141 Å². The molecule has 1 amide bonds. The molecular weight excluding hydrogens is 359 g/mol. The maximum atomic E-state index is 13.3. The van der Waals surface area contributed by atoms with Crippen LogP contribution < -0.4 is 10.3 Å². The van der Waals surface area contributed by atoms with E-state index in [1.165, 1.54) is 6.07 Å². The van der Waals surface area contributed by atoms with E-state index in [0.29, 0.717) is 11.0 Å². The van der Waals surface area contributed by atoms with Gasteiger partial charge in [0.2, 0.25) is 0 Å². The lowest BCUT2D eigenvalue weighted by molar-refractivity contribution is 0.0919. The van der Waals surface area contributed by atoms with Crippen LogP contribution in [-0.4, -0.2) is 14.3 Å². The zero-order chi connectivity index (χ0) is 17.3. The SMILES string of the molecule is O=C(NNS(=O)(=O)c1cc(F)cc(Cl)c1)c1cc2ccccc2o1. The molecule has 0 bridgehead atoms. The molecule has 24 heavy (non-hydrogen) atoms. The fraction of sp³-hybridized carbons (Fsp3) is 0. The topological polar surface area (TPSA) is 88.4 Å². The molecule has 124 valence electrons. The number of sulfonamides is 1. The highest BCUT2D eigenvalue weighted by Crippen LogP contribution is 2.19. The molecule has 6 nitrogen and oxygen atoms in total. The molecule has 9 heteroatoms. The van der Waals surface area contributed by atoms with Gasteiger partial charge in [0.15, 0.2) is 5.76 Å². The van der Waals surface area contributed by atoms with Crippen molar-refractivity contribution in [1.82, 2.24) is 10.3 Å². The molecule has 0 spiro atoms. The Hall–Kier alpha value is -2.42. The number of halogens is 2. The van der Waals surface area contributed by atoms with Crippen LogP contribution in [0.3, 0.4) is 0 Å². The summed E-state index contributed by atoms with van der Waals surface area (Å²) in [4.78, 5) is 13.4. The molecule has 1 aromatic heterocycles. The number of nitrogens with one attached hydrogen (secondary N) is 2. The number of rotatable bonds is 4. The number of furan rings is 1. The summed E-state index contributed by atoms with van der Waals surface area (Å²) in [6, 6.07) is 11.2. The molecule has 0 aliphatic rings. The lowest BCUT2D eigenvalue weighted by Gasteiger charge is -2.07. The van der Waals surface area contributed by atoms with E-state index in [1.54, 1.807) is 24.3 Å². The Morgan fingerprint density at radius 3 is 2.58 bits per heavy atom. The maximum Gasteiger partial charge on any atom is 0.301 e. The van der Waals surface area contributed by atoms with Gasteiger partial charge in [0.1, 0.15) is 11.4 Å². The monoisotopic (exact) mass is 368 g/mol. The largest absolute Gasteiger partial charge is 0.451 e. The standard InChI is InChI=1S/C15H10ClFN2O4S/c16-10-6-11(17)8-12(7-10)24(21,22)19-18-15(20)14-5-9-3-1-2-4-13(9)23-14/h1-8,19H,(H,18,20). The number of para-hydroxylation sites is 1. The van der Waals surface area contributed by atoms with Crippen molar-refractivity contribution in [2.24, 2.45) is 0 Å². The highest BCUT2D eigenvalue weighted by atomic mass is 35.5. The number of hydrogen-bond acceptors (Lipinski definition) is 4. The number of amides is 1. The first kappa shape index (κ1) is 16.4. The third-order valence-corrected chi connectivity index (χ3v) is 4.54. The minimum Gasteiger partial charge on any atom is -0.451 e. The molecule has 0 unspecified atom stereocenters. The average Bonchev–Trinajstić information content (AvgIpc) is 2.96. The summed E-state index contributed by atoms with van der Waals surface area (Å²) in [6.07, 6.45) is 0. The highest BCUT2D eigenvalue weighted by Gasteiger charge is 2.19. The van der Waals surface area contributed by atoms with Crippen LogP contribution in [0.25, 0.3) is 11.0 Å². The molecule has 1 heterocycles. The lowest BCUT2D eigenvalue weighted by atomic mass is 10.2. The molecule has 0 aliphatic heterocycles. The van der Waals surface area contributed by atoms with Gasteiger partial charge in [0.05, 0.1) is 4.90 Å². The second-order valence-corrected chi connectivity index (χ2v) is 6.93. The van der Waals surface area contributed by atoms with Gasteiger partial charge in [-0.15, -0.1) is 4.83 Å². The fourth-order valence-electron chi connectivity index (χ4n) is 2.01. The molecule has 0 aliphatic carbocycles. The average molecular weight is 369 g/mol. The quantitative estimate of drug-likeness (QED) is 0.693. The van der Waals surface area contributed by atoms with Gasteiger partial charge in [-0.3, -0.25) is 10.2 Å². The highest BCUT2D eigenvalue weighted by molar-refractivity contribution is 7.89. The van der Waals surface area contributed by atoms with Crippen molar-refractivity contribution >= 4 is 38.5 Å². The number of carbonyl (C=O) groups is 1. The van der Waals surface area contributed by atoms with Gasteiger partial charge < -0.3 is 4.42 Å². The molecule has 2 aromatic carbocycles. The van der Waals surface area contributed by atoms with Gasteiger partial charge in [-0.1, -0.05) is 29.8 Å². The number of carbonyl (C=O) groups excluding carboxylic acids is 1. The summed E-state index contributed by atoms with van der Waals surface area (Å²) in [5.41, 5.74) is 2.49. The molecule has 3 rings (SSSR count). The molecule has 2 N–H and O–H groups in total. The Bertz CT molecular complexity index is 980.